The first-order chi connectivity index (χ1) is 8.67. The van der Waals surface area contributed by atoms with Gasteiger partial charge in [-0.2, -0.15) is 0 Å². The number of pyridine rings is 1. The quantitative estimate of drug-likeness (QED) is 0.743. The molecule has 1 atom stereocenters. The van der Waals surface area contributed by atoms with Crippen LogP contribution in [-0.2, 0) is 4.74 Å². The molecular weight excluding hydrogens is 230 g/mol. The van der Waals surface area contributed by atoms with Crippen LogP contribution in [0.1, 0.15) is 22.8 Å². The second kappa shape index (κ2) is 7.43. The van der Waals surface area contributed by atoms with E-state index < -0.39 is 0 Å². The standard InChI is InChI=1S/C13H17N3O2/c1-10(9-18-2)16-13(17)12-6-11(4-3-5-14)7-15-8-12/h6-8,10H,5,9,14H2,1-2H3,(H,16,17). The molecule has 0 saturated carbocycles. The zero-order chi connectivity index (χ0) is 13.4. The number of rotatable bonds is 4. The minimum absolute atomic E-state index is 0.0544. The summed E-state index contributed by atoms with van der Waals surface area (Å²) in [6, 6.07) is 1.63. The molecule has 0 aromatic carbocycles. The molecule has 0 aliphatic rings. The topological polar surface area (TPSA) is 77.2 Å². The van der Waals surface area contributed by atoms with Crippen molar-refractivity contribution in [2.24, 2.45) is 5.73 Å². The lowest BCUT2D eigenvalue weighted by Gasteiger charge is -2.12. The van der Waals surface area contributed by atoms with Gasteiger partial charge in [-0.1, -0.05) is 11.8 Å². The van der Waals surface area contributed by atoms with E-state index in [9.17, 15) is 4.79 Å². The maximum atomic E-state index is 11.9. The molecule has 0 bridgehead atoms. The van der Waals surface area contributed by atoms with Crippen molar-refractivity contribution in [3.05, 3.63) is 29.6 Å². The number of nitrogens with zero attached hydrogens (tertiary/aromatic N) is 1. The van der Waals surface area contributed by atoms with E-state index in [4.69, 9.17) is 10.5 Å². The number of amides is 1. The second-order valence-corrected chi connectivity index (χ2v) is 3.80. The molecule has 1 aromatic rings. The van der Waals surface area contributed by atoms with Gasteiger partial charge in [0.05, 0.1) is 18.7 Å². The van der Waals surface area contributed by atoms with E-state index >= 15 is 0 Å². The zero-order valence-electron chi connectivity index (χ0n) is 10.6. The summed E-state index contributed by atoms with van der Waals surface area (Å²) in [7, 11) is 1.59. The maximum Gasteiger partial charge on any atom is 0.253 e. The molecular formula is C13H17N3O2. The van der Waals surface area contributed by atoms with Crippen LogP contribution in [0.25, 0.3) is 0 Å². The first-order valence-corrected chi connectivity index (χ1v) is 5.61. The smallest absolute Gasteiger partial charge is 0.253 e. The lowest BCUT2D eigenvalue weighted by atomic mass is 10.2. The van der Waals surface area contributed by atoms with Crippen LogP contribution >= 0.6 is 0 Å². The number of nitrogens with two attached hydrogens (primary N) is 1. The molecule has 3 N–H and O–H groups in total. The first-order valence-electron chi connectivity index (χ1n) is 5.61. The van der Waals surface area contributed by atoms with Crippen LogP contribution in [0.15, 0.2) is 18.5 Å². The number of ether oxygens (including phenoxy) is 1. The number of hydrogen-bond acceptors (Lipinski definition) is 4. The first kappa shape index (κ1) is 14.2. The van der Waals surface area contributed by atoms with Crippen LogP contribution in [0.5, 0.6) is 0 Å². The molecule has 1 aromatic heterocycles. The van der Waals surface area contributed by atoms with Gasteiger partial charge in [0.1, 0.15) is 0 Å². The summed E-state index contributed by atoms with van der Waals surface area (Å²) in [6.45, 7) is 2.61. The molecule has 0 aliphatic heterocycles. The van der Waals surface area contributed by atoms with Crippen LogP contribution < -0.4 is 11.1 Å². The molecule has 5 heteroatoms. The molecule has 1 rings (SSSR count). The predicted molar refractivity (Wildman–Crippen MR) is 69.0 cm³/mol. The number of nitrogens with one attached hydrogen (secondary N) is 1. The third kappa shape index (κ3) is 4.53. The molecule has 96 valence electrons. The molecule has 0 aliphatic carbocycles. The van der Waals surface area contributed by atoms with Crippen LogP contribution in [-0.4, -0.2) is 37.2 Å². The van der Waals surface area contributed by atoms with Gasteiger partial charge in [-0.15, -0.1) is 0 Å². The van der Waals surface area contributed by atoms with E-state index in [1.165, 1.54) is 6.20 Å². The maximum absolute atomic E-state index is 11.9. The third-order valence-electron chi connectivity index (χ3n) is 2.13. The van der Waals surface area contributed by atoms with E-state index in [1.54, 1.807) is 19.4 Å². The van der Waals surface area contributed by atoms with Crippen LogP contribution in [0.3, 0.4) is 0 Å². The van der Waals surface area contributed by atoms with Gasteiger partial charge in [0.15, 0.2) is 0 Å². The Kier molecular flexibility index (Phi) is 5.85. The summed E-state index contributed by atoms with van der Waals surface area (Å²) in [4.78, 5) is 15.9. The lowest BCUT2D eigenvalue weighted by Crippen LogP contribution is -2.35. The molecule has 0 radical (unpaired) electrons. The Morgan fingerprint density at radius 1 is 1.61 bits per heavy atom. The van der Waals surface area contributed by atoms with Gasteiger partial charge in [0.2, 0.25) is 0 Å². The van der Waals surface area contributed by atoms with Gasteiger partial charge >= 0.3 is 0 Å². The Morgan fingerprint density at radius 2 is 2.39 bits per heavy atom. The van der Waals surface area contributed by atoms with Gasteiger partial charge in [-0.25, -0.2) is 0 Å². The molecule has 1 amide bonds. The van der Waals surface area contributed by atoms with E-state index in [1.807, 2.05) is 6.92 Å². The van der Waals surface area contributed by atoms with E-state index in [0.717, 1.165) is 0 Å². The monoisotopic (exact) mass is 247 g/mol. The third-order valence-corrected chi connectivity index (χ3v) is 2.13. The SMILES string of the molecule is COCC(C)NC(=O)c1cncc(C#CCN)c1. The van der Waals surface area contributed by atoms with Crippen molar-refractivity contribution in [3.63, 3.8) is 0 Å². The van der Waals surface area contributed by atoms with Gasteiger partial charge < -0.3 is 15.8 Å². The summed E-state index contributed by atoms with van der Waals surface area (Å²) in [5, 5.41) is 2.80. The van der Waals surface area contributed by atoms with Crippen LogP contribution in [0.2, 0.25) is 0 Å². The summed E-state index contributed by atoms with van der Waals surface area (Å²) in [6.07, 6.45) is 3.10. The summed E-state index contributed by atoms with van der Waals surface area (Å²) in [5.41, 5.74) is 6.43. The van der Waals surface area contributed by atoms with Gasteiger partial charge in [0, 0.05) is 31.1 Å². The Hall–Kier alpha value is -1.90. The Bertz CT molecular complexity index is 463. The predicted octanol–water partition coefficient (Wildman–Crippen LogP) is 0.157. The fraction of sp³-hybridized carbons (Fsp3) is 0.385. The number of aromatic nitrogens is 1. The second-order valence-electron chi connectivity index (χ2n) is 3.80. The average Bonchev–Trinajstić information content (AvgIpc) is 2.37. The van der Waals surface area contributed by atoms with Gasteiger partial charge in [-0.05, 0) is 13.0 Å². The highest BCUT2D eigenvalue weighted by atomic mass is 16.5. The van der Waals surface area contributed by atoms with Crippen molar-refractivity contribution in [1.29, 1.82) is 0 Å². The Balaban J connectivity index is 2.74. The Morgan fingerprint density at radius 3 is 3.06 bits per heavy atom. The molecule has 1 unspecified atom stereocenters. The van der Waals surface area contributed by atoms with E-state index in [0.29, 0.717) is 17.7 Å². The zero-order valence-corrected chi connectivity index (χ0v) is 10.6. The highest BCUT2D eigenvalue weighted by Gasteiger charge is 2.09. The fourth-order valence-corrected chi connectivity index (χ4v) is 1.38. The average molecular weight is 247 g/mol. The molecule has 0 fully saturated rings. The number of methoxy groups -OCH3 is 1. The van der Waals surface area contributed by atoms with E-state index in [-0.39, 0.29) is 18.5 Å². The lowest BCUT2D eigenvalue weighted by molar-refractivity contribution is 0.0905. The van der Waals surface area contributed by atoms with Crippen molar-refractivity contribution >= 4 is 5.91 Å². The molecule has 0 saturated heterocycles. The highest BCUT2D eigenvalue weighted by Crippen LogP contribution is 2.02. The summed E-state index contributed by atoms with van der Waals surface area (Å²) >= 11 is 0. The van der Waals surface area contributed by atoms with Crippen LogP contribution in [0.4, 0.5) is 0 Å². The Labute approximate surface area is 107 Å². The molecule has 0 spiro atoms. The van der Waals surface area contributed by atoms with Crippen molar-refractivity contribution < 1.29 is 9.53 Å². The number of carbonyl (C=O) groups is 1. The largest absolute Gasteiger partial charge is 0.383 e. The van der Waals surface area contributed by atoms with Crippen LogP contribution in [0, 0.1) is 11.8 Å². The number of hydrogen-bond donors (Lipinski definition) is 2. The molecule has 5 nitrogen and oxygen atoms in total. The summed E-state index contributed by atoms with van der Waals surface area (Å²) < 4.78 is 4.95. The van der Waals surface area contributed by atoms with Gasteiger partial charge in [0.25, 0.3) is 5.91 Å². The summed E-state index contributed by atoms with van der Waals surface area (Å²) in [5.74, 6) is 5.36. The minimum atomic E-state index is -0.191. The van der Waals surface area contributed by atoms with E-state index in [2.05, 4.69) is 22.1 Å². The minimum Gasteiger partial charge on any atom is -0.383 e. The normalized spacial score (nSPS) is 11.3. The van der Waals surface area contributed by atoms with Crippen molar-refractivity contribution in [1.82, 2.24) is 10.3 Å². The molecule has 18 heavy (non-hydrogen) atoms. The number of carbonyl (C=O) groups excluding carboxylic acids is 1. The van der Waals surface area contributed by atoms with Crippen molar-refractivity contribution in [2.75, 3.05) is 20.3 Å². The van der Waals surface area contributed by atoms with Gasteiger partial charge in [-0.3, -0.25) is 9.78 Å². The molecule has 1 heterocycles. The fourth-order valence-electron chi connectivity index (χ4n) is 1.38. The highest BCUT2D eigenvalue weighted by molar-refractivity contribution is 5.94. The van der Waals surface area contributed by atoms with Crippen molar-refractivity contribution in [2.45, 2.75) is 13.0 Å². The van der Waals surface area contributed by atoms with Crippen molar-refractivity contribution in [3.8, 4) is 11.8 Å².